The first-order valence-corrected chi connectivity index (χ1v) is 8.29. The molecule has 0 atom stereocenters. The lowest BCUT2D eigenvalue weighted by Crippen LogP contribution is -2.15. The monoisotopic (exact) mass is 373 g/mol. The molecule has 7 heteroatoms. The van der Waals surface area contributed by atoms with Crippen molar-refractivity contribution in [1.82, 2.24) is 0 Å². The van der Waals surface area contributed by atoms with Gasteiger partial charge in [0.05, 0.1) is 12.3 Å². The molecule has 0 unspecified atom stereocenters. The van der Waals surface area contributed by atoms with Crippen molar-refractivity contribution in [3.63, 3.8) is 0 Å². The molecule has 0 heterocycles. The van der Waals surface area contributed by atoms with Gasteiger partial charge in [-0.2, -0.15) is 0 Å². The van der Waals surface area contributed by atoms with Crippen molar-refractivity contribution >= 4 is 31.6 Å². The van der Waals surface area contributed by atoms with Crippen molar-refractivity contribution in [3.05, 3.63) is 57.8 Å². The maximum absolute atomic E-state index is 13.8. The lowest BCUT2D eigenvalue weighted by Gasteiger charge is -2.12. The van der Waals surface area contributed by atoms with E-state index in [0.717, 1.165) is 12.1 Å². The Morgan fingerprint density at radius 3 is 2.62 bits per heavy atom. The molecule has 0 saturated heterocycles. The normalized spacial score (nSPS) is 11.4. The molecule has 4 nitrogen and oxygen atoms in total. The van der Waals surface area contributed by atoms with Crippen molar-refractivity contribution in [2.45, 2.75) is 18.4 Å². The highest BCUT2D eigenvalue weighted by Crippen LogP contribution is 2.25. The van der Waals surface area contributed by atoms with Gasteiger partial charge in [0.1, 0.15) is 10.7 Å². The Bertz CT molecular complexity index is 778. The van der Waals surface area contributed by atoms with E-state index < -0.39 is 20.7 Å². The zero-order valence-electron chi connectivity index (χ0n) is 11.1. The summed E-state index contributed by atoms with van der Waals surface area (Å²) in [7, 11) is -4.07. The molecule has 0 fully saturated rings. The fourth-order valence-electron chi connectivity index (χ4n) is 1.76. The van der Waals surface area contributed by atoms with Crippen molar-refractivity contribution in [3.8, 4) is 0 Å². The minimum Gasteiger partial charge on any atom is -0.392 e. The summed E-state index contributed by atoms with van der Waals surface area (Å²) in [4.78, 5) is -0.492. The van der Waals surface area contributed by atoms with Gasteiger partial charge in [-0.15, -0.1) is 0 Å². The van der Waals surface area contributed by atoms with Crippen LogP contribution in [-0.2, 0) is 16.6 Å². The zero-order chi connectivity index (χ0) is 15.6. The number of rotatable bonds is 4. The van der Waals surface area contributed by atoms with E-state index >= 15 is 0 Å². The fraction of sp³-hybridized carbons (Fsp3) is 0.143. The first-order chi connectivity index (χ1) is 9.83. The second kappa shape index (κ2) is 6.13. The Morgan fingerprint density at radius 2 is 1.95 bits per heavy atom. The molecule has 0 spiro atoms. The van der Waals surface area contributed by atoms with E-state index in [0.29, 0.717) is 21.3 Å². The zero-order valence-corrected chi connectivity index (χ0v) is 13.5. The van der Waals surface area contributed by atoms with Crippen molar-refractivity contribution in [2.24, 2.45) is 0 Å². The first kappa shape index (κ1) is 15.9. The minimum absolute atomic E-state index is 0.322. The second-order valence-electron chi connectivity index (χ2n) is 4.49. The SMILES string of the molecule is Cc1ccc(Br)cc1NS(=O)(=O)c1cc(CO)ccc1F. The van der Waals surface area contributed by atoms with Crippen LogP contribution >= 0.6 is 15.9 Å². The van der Waals surface area contributed by atoms with Gasteiger partial charge in [0.25, 0.3) is 10.0 Å². The van der Waals surface area contributed by atoms with E-state index in [9.17, 15) is 12.8 Å². The largest absolute Gasteiger partial charge is 0.392 e. The Labute approximate surface area is 130 Å². The molecule has 0 aliphatic carbocycles. The third-order valence-corrected chi connectivity index (χ3v) is 4.79. The molecule has 0 radical (unpaired) electrons. The Hall–Kier alpha value is -1.44. The molecule has 2 N–H and O–H groups in total. The summed E-state index contributed by atoms with van der Waals surface area (Å²) in [6, 6.07) is 8.58. The highest BCUT2D eigenvalue weighted by molar-refractivity contribution is 9.10. The number of hydrogen-bond donors (Lipinski definition) is 2. The summed E-state index contributed by atoms with van der Waals surface area (Å²) in [5, 5.41) is 9.05. The molecule has 2 rings (SSSR count). The number of aryl methyl sites for hydroxylation is 1. The van der Waals surface area contributed by atoms with Crippen LogP contribution in [0, 0.1) is 12.7 Å². The molecular formula is C14H13BrFNO3S. The van der Waals surface area contributed by atoms with Gasteiger partial charge in [-0.05, 0) is 42.3 Å². The fourth-order valence-corrected chi connectivity index (χ4v) is 3.37. The van der Waals surface area contributed by atoms with Gasteiger partial charge in [0.2, 0.25) is 0 Å². The minimum atomic E-state index is -4.07. The topological polar surface area (TPSA) is 66.4 Å². The third kappa shape index (κ3) is 3.61. The molecule has 0 bridgehead atoms. The van der Waals surface area contributed by atoms with Crippen molar-refractivity contribution < 1.29 is 17.9 Å². The molecule has 0 aromatic heterocycles. The predicted octanol–water partition coefficient (Wildman–Crippen LogP) is 3.19. The average molecular weight is 374 g/mol. The number of aliphatic hydroxyl groups is 1. The van der Waals surface area contributed by atoms with E-state index in [4.69, 9.17) is 5.11 Å². The highest BCUT2D eigenvalue weighted by Gasteiger charge is 2.20. The van der Waals surface area contributed by atoms with Crippen LogP contribution < -0.4 is 4.72 Å². The lowest BCUT2D eigenvalue weighted by atomic mass is 10.2. The van der Waals surface area contributed by atoms with E-state index in [1.54, 1.807) is 25.1 Å². The van der Waals surface area contributed by atoms with Gasteiger partial charge in [-0.25, -0.2) is 12.8 Å². The molecule has 0 amide bonds. The van der Waals surface area contributed by atoms with Crippen molar-refractivity contribution in [1.29, 1.82) is 0 Å². The molecule has 0 aliphatic heterocycles. The number of hydrogen-bond acceptors (Lipinski definition) is 3. The summed E-state index contributed by atoms with van der Waals surface area (Å²) >= 11 is 3.26. The Kier molecular flexibility index (Phi) is 4.65. The second-order valence-corrected chi connectivity index (χ2v) is 7.05. The number of benzene rings is 2. The number of aliphatic hydroxyl groups excluding tert-OH is 1. The number of anilines is 1. The summed E-state index contributed by atoms with van der Waals surface area (Å²) in [6.07, 6.45) is 0. The number of nitrogens with one attached hydrogen (secondary N) is 1. The molecule has 21 heavy (non-hydrogen) atoms. The van der Waals surface area contributed by atoms with Crippen LogP contribution in [0.1, 0.15) is 11.1 Å². The molecule has 0 saturated carbocycles. The third-order valence-electron chi connectivity index (χ3n) is 2.91. The standard InChI is InChI=1S/C14H13BrFNO3S/c1-9-2-4-11(15)7-13(9)17-21(19,20)14-6-10(8-18)3-5-12(14)16/h2-7,17-18H,8H2,1H3. The maximum Gasteiger partial charge on any atom is 0.264 e. The van der Waals surface area contributed by atoms with Crippen LogP contribution in [0.25, 0.3) is 0 Å². The molecular weight excluding hydrogens is 361 g/mol. The van der Waals surface area contributed by atoms with Gasteiger partial charge in [0.15, 0.2) is 0 Å². The first-order valence-electron chi connectivity index (χ1n) is 6.02. The van der Waals surface area contributed by atoms with Crippen molar-refractivity contribution in [2.75, 3.05) is 4.72 Å². The van der Waals surface area contributed by atoms with Gasteiger partial charge in [-0.3, -0.25) is 4.72 Å². The lowest BCUT2D eigenvalue weighted by molar-refractivity contribution is 0.281. The quantitative estimate of drug-likeness (QED) is 0.864. The molecule has 2 aromatic rings. The highest BCUT2D eigenvalue weighted by atomic mass is 79.9. The average Bonchev–Trinajstić information content (AvgIpc) is 2.43. The van der Waals surface area contributed by atoms with Crippen LogP contribution in [0.4, 0.5) is 10.1 Å². The number of sulfonamides is 1. The van der Waals surface area contributed by atoms with E-state index in [1.165, 1.54) is 6.07 Å². The van der Waals surface area contributed by atoms with Crippen LogP contribution in [0.2, 0.25) is 0 Å². The summed E-state index contributed by atoms with van der Waals surface area (Å²) in [6.45, 7) is 1.38. The maximum atomic E-state index is 13.8. The Morgan fingerprint density at radius 1 is 1.24 bits per heavy atom. The summed E-state index contributed by atoms with van der Waals surface area (Å²) in [5.74, 6) is -0.868. The molecule has 112 valence electrons. The van der Waals surface area contributed by atoms with E-state index in [2.05, 4.69) is 20.7 Å². The van der Waals surface area contributed by atoms with Crippen LogP contribution in [0.5, 0.6) is 0 Å². The summed E-state index contributed by atoms with van der Waals surface area (Å²) in [5.41, 5.74) is 1.39. The van der Waals surface area contributed by atoms with Gasteiger partial charge >= 0.3 is 0 Å². The van der Waals surface area contributed by atoms with Gasteiger partial charge in [0, 0.05) is 4.47 Å². The van der Waals surface area contributed by atoms with Crippen LogP contribution in [0.15, 0.2) is 45.8 Å². The van der Waals surface area contributed by atoms with E-state index in [-0.39, 0.29) is 6.61 Å². The predicted molar refractivity (Wildman–Crippen MR) is 82.0 cm³/mol. The molecule has 2 aromatic carbocycles. The Balaban J connectivity index is 2.45. The summed E-state index contributed by atoms with van der Waals surface area (Å²) < 4.78 is 41.4. The van der Waals surface area contributed by atoms with Crippen LogP contribution in [-0.4, -0.2) is 13.5 Å². The smallest absolute Gasteiger partial charge is 0.264 e. The number of halogens is 2. The van der Waals surface area contributed by atoms with Crippen LogP contribution in [0.3, 0.4) is 0 Å². The van der Waals surface area contributed by atoms with E-state index in [1.807, 2.05) is 0 Å². The molecule has 0 aliphatic rings. The van der Waals surface area contributed by atoms with Gasteiger partial charge in [-0.1, -0.05) is 28.1 Å². The van der Waals surface area contributed by atoms with Gasteiger partial charge < -0.3 is 5.11 Å².